The highest BCUT2D eigenvalue weighted by Crippen LogP contribution is 2.33. The lowest BCUT2D eigenvalue weighted by Crippen LogP contribution is -2.41. The van der Waals surface area contributed by atoms with Crippen LogP contribution in [0.5, 0.6) is 0 Å². The Morgan fingerprint density at radius 2 is 2.00 bits per heavy atom. The maximum Gasteiger partial charge on any atom is 0.176 e. The quantitative estimate of drug-likeness (QED) is 0.769. The first-order valence-corrected chi connectivity index (χ1v) is 7.35. The van der Waals surface area contributed by atoms with Gasteiger partial charge >= 0.3 is 0 Å². The van der Waals surface area contributed by atoms with Gasteiger partial charge in [-0.15, -0.1) is 0 Å². The van der Waals surface area contributed by atoms with Crippen LogP contribution < -0.4 is 0 Å². The number of piperidine rings is 1. The van der Waals surface area contributed by atoms with E-state index in [2.05, 4.69) is 18.7 Å². The first kappa shape index (κ1) is 14.3. The Labute approximate surface area is 116 Å². The molecule has 0 aliphatic carbocycles. The molecule has 2 rings (SSSR count). The summed E-state index contributed by atoms with van der Waals surface area (Å²) in [6, 6.07) is 7.91. The molecule has 1 aromatic carbocycles. The maximum atomic E-state index is 12.3. The van der Waals surface area contributed by atoms with Gasteiger partial charge in [-0.2, -0.15) is 0 Å². The first-order chi connectivity index (χ1) is 9.02. The number of carbonyl (C=O) groups excluding carboxylic acids is 1. The molecule has 0 N–H and O–H groups in total. The fourth-order valence-electron chi connectivity index (χ4n) is 2.72. The third kappa shape index (κ3) is 3.66. The molecule has 0 aromatic heterocycles. The smallest absolute Gasteiger partial charge is 0.176 e. The van der Waals surface area contributed by atoms with Crippen LogP contribution in [-0.2, 0) is 0 Å². The molecule has 104 valence electrons. The maximum absolute atomic E-state index is 12.3. The van der Waals surface area contributed by atoms with Crippen LogP contribution in [0.1, 0.15) is 49.0 Å². The second kappa shape index (κ2) is 5.87. The molecule has 0 unspecified atom stereocenters. The summed E-state index contributed by atoms with van der Waals surface area (Å²) in [6.45, 7) is 9.36. The number of nitrogens with zero attached hydrogens (tertiary/aromatic N) is 1. The van der Waals surface area contributed by atoms with Gasteiger partial charge in [0.25, 0.3) is 0 Å². The molecule has 1 saturated heterocycles. The molecular formula is C17H25NO. The number of hydrogen-bond acceptors (Lipinski definition) is 2. The van der Waals surface area contributed by atoms with E-state index >= 15 is 0 Å². The molecule has 0 spiro atoms. The number of ketones is 1. The minimum Gasteiger partial charge on any atom is -0.296 e. The van der Waals surface area contributed by atoms with Gasteiger partial charge in [0.15, 0.2) is 5.78 Å². The van der Waals surface area contributed by atoms with E-state index in [1.807, 2.05) is 31.2 Å². The third-order valence-corrected chi connectivity index (χ3v) is 4.62. The molecular weight excluding hydrogens is 234 g/mol. The zero-order valence-electron chi connectivity index (χ0n) is 12.4. The van der Waals surface area contributed by atoms with Crippen LogP contribution in [0.4, 0.5) is 0 Å². The molecule has 19 heavy (non-hydrogen) atoms. The molecule has 0 radical (unpaired) electrons. The summed E-state index contributed by atoms with van der Waals surface area (Å²) in [6.07, 6.45) is 3.67. The second-order valence-electron chi connectivity index (χ2n) is 6.23. The summed E-state index contributed by atoms with van der Waals surface area (Å²) in [4.78, 5) is 14.6. The predicted octanol–water partition coefficient (Wildman–Crippen LogP) is 3.69. The van der Waals surface area contributed by atoms with Gasteiger partial charge < -0.3 is 0 Å². The molecule has 2 nitrogen and oxygen atoms in total. The predicted molar refractivity (Wildman–Crippen MR) is 79.6 cm³/mol. The highest BCUT2D eigenvalue weighted by Gasteiger charge is 2.28. The first-order valence-electron chi connectivity index (χ1n) is 7.35. The van der Waals surface area contributed by atoms with Crippen LogP contribution in [0, 0.1) is 12.3 Å². The fourth-order valence-corrected chi connectivity index (χ4v) is 2.72. The molecule has 1 heterocycles. The van der Waals surface area contributed by atoms with E-state index < -0.39 is 0 Å². The van der Waals surface area contributed by atoms with Gasteiger partial charge in [-0.3, -0.25) is 9.69 Å². The highest BCUT2D eigenvalue weighted by atomic mass is 16.1. The zero-order valence-corrected chi connectivity index (χ0v) is 12.4. The Morgan fingerprint density at radius 3 is 2.58 bits per heavy atom. The van der Waals surface area contributed by atoms with Crippen LogP contribution in [0.15, 0.2) is 24.3 Å². The van der Waals surface area contributed by atoms with E-state index in [-0.39, 0.29) is 5.78 Å². The van der Waals surface area contributed by atoms with E-state index in [4.69, 9.17) is 0 Å². The highest BCUT2D eigenvalue weighted by molar-refractivity contribution is 5.97. The van der Waals surface area contributed by atoms with E-state index in [0.717, 1.165) is 24.2 Å². The van der Waals surface area contributed by atoms with Crippen molar-refractivity contribution in [2.45, 2.75) is 40.0 Å². The van der Waals surface area contributed by atoms with Crippen molar-refractivity contribution in [1.29, 1.82) is 0 Å². The second-order valence-corrected chi connectivity index (χ2v) is 6.23. The number of aryl methyl sites for hydroxylation is 1. The minimum atomic E-state index is 0.254. The van der Waals surface area contributed by atoms with Gasteiger partial charge in [0.2, 0.25) is 0 Å². The summed E-state index contributed by atoms with van der Waals surface area (Å²) in [5, 5.41) is 0. The molecule has 1 aliphatic rings. The van der Waals surface area contributed by atoms with Crippen molar-refractivity contribution >= 4 is 5.78 Å². The molecule has 1 aliphatic heterocycles. The Balaban J connectivity index is 1.91. The number of likely N-dealkylation sites (tertiary alicyclic amines) is 1. The van der Waals surface area contributed by atoms with Crippen molar-refractivity contribution in [2.24, 2.45) is 5.41 Å². The van der Waals surface area contributed by atoms with Crippen LogP contribution in [-0.4, -0.2) is 30.3 Å². The molecule has 0 saturated carbocycles. The number of rotatable bonds is 4. The van der Waals surface area contributed by atoms with Gasteiger partial charge in [-0.25, -0.2) is 0 Å². The molecule has 2 heteroatoms. The van der Waals surface area contributed by atoms with Crippen LogP contribution in [0.25, 0.3) is 0 Å². The largest absolute Gasteiger partial charge is 0.296 e. The van der Waals surface area contributed by atoms with E-state index in [1.54, 1.807) is 0 Å². The van der Waals surface area contributed by atoms with Crippen LogP contribution >= 0.6 is 0 Å². The lowest BCUT2D eigenvalue weighted by Gasteiger charge is -2.38. The van der Waals surface area contributed by atoms with E-state index in [1.165, 1.54) is 19.3 Å². The third-order valence-electron chi connectivity index (χ3n) is 4.62. The topological polar surface area (TPSA) is 20.3 Å². The number of benzene rings is 1. The fraction of sp³-hybridized carbons (Fsp3) is 0.588. The Hall–Kier alpha value is -1.15. The van der Waals surface area contributed by atoms with Gasteiger partial charge in [-0.05, 0) is 44.3 Å². The van der Waals surface area contributed by atoms with Crippen molar-refractivity contribution in [1.82, 2.24) is 4.90 Å². The molecule has 1 aromatic rings. The Bertz CT molecular complexity index is 444. The molecule has 0 bridgehead atoms. The zero-order chi connectivity index (χ0) is 13.9. The standard InChI is InChI=1S/C17H25NO/c1-4-17(3)8-10-18(11-9-17)13-16(19)15-7-5-6-14(2)12-15/h5-7,12H,4,8-11,13H2,1-3H3. The van der Waals surface area contributed by atoms with Gasteiger partial charge in [0, 0.05) is 5.56 Å². The minimum absolute atomic E-state index is 0.254. The van der Waals surface area contributed by atoms with Crippen LogP contribution in [0.3, 0.4) is 0 Å². The average Bonchev–Trinajstić information content (AvgIpc) is 2.41. The van der Waals surface area contributed by atoms with Crippen molar-refractivity contribution in [3.8, 4) is 0 Å². The molecule has 1 fully saturated rings. The molecule has 0 atom stereocenters. The van der Waals surface area contributed by atoms with Crippen molar-refractivity contribution in [3.05, 3.63) is 35.4 Å². The lowest BCUT2D eigenvalue weighted by atomic mass is 9.78. The Morgan fingerprint density at radius 1 is 1.32 bits per heavy atom. The van der Waals surface area contributed by atoms with E-state index in [9.17, 15) is 4.79 Å². The Kier molecular flexibility index (Phi) is 4.41. The van der Waals surface area contributed by atoms with Crippen molar-refractivity contribution in [2.75, 3.05) is 19.6 Å². The monoisotopic (exact) mass is 259 g/mol. The lowest BCUT2D eigenvalue weighted by molar-refractivity contribution is 0.0813. The summed E-state index contributed by atoms with van der Waals surface area (Å²) in [5.41, 5.74) is 2.50. The van der Waals surface area contributed by atoms with Crippen molar-refractivity contribution in [3.63, 3.8) is 0 Å². The van der Waals surface area contributed by atoms with Gasteiger partial charge in [-0.1, -0.05) is 44.0 Å². The van der Waals surface area contributed by atoms with Gasteiger partial charge in [0.1, 0.15) is 0 Å². The number of Topliss-reactive ketones (excluding diaryl/α,β-unsaturated/α-hetero) is 1. The summed E-state index contributed by atoms with van der Waals surface area (Å²) < 4.78 is 0. The SMILES string of the molecule is CCC1(C)CCN(CC(=O)c2cccc(C)c2)CC1. The normalized spacial score (nSPS) is 19.3. The summed E-state index contributed by atoms with van der Waals surface area (Å²) >= 11 is 0. The van der Waals surface area contributed by atoms with Crippen molar-refractivity contribution < 1.29 is 4.79 Å². The number of hydrogen-bond donors (Lipinski definition) is 0. The summed E-state index contributed by atoms with van der Waals surface area (Å²) in [7, 11) is 0. The van der Waals surface area contributed by atoms with Crippen LogP contribution in [0.2, 0.25) is 0 Å². The summed E-state index contributed by atoms with van der Waals surface area (Å²) in [5.74, 6) is 0.254. The number of carbonyl (C=O) groups is 1. The van der Waals surface area contributed by atoms with E-state index in [0.29, 0.717) is 12.0 Å². The van der Waals surface area contributed by atoms with Gasteiger partial charge in [0.05, 0.1) is 6.54 Å². The average molecular weight is 259 g/mol. The molecule has 0 amide bonds.